The van der Waals surface area contributed by atoms with Crippen LogP contribution in [-0.4, -0.2) is 20.6 Å². The molecule has 0 saturated heterocycles. The van der Waals surface area contributed by atoms with Gasteiger partial charge in [0.15, 0.2) is 0 Å². The van der Waals surface area contributed by atoms with E-state index in [2.05, 4.69) is 9.97 Å². The van der Waals surface area contributed by atoms with E-state index in [1.165, 1.54) is 17.1 Å². The van der Waals surface area contributed by atoms with Crippen molar-refractivity contribution >= 4 is 6.09 Å². The second-order valence-corrected chi connectivity index (χ2v) is 5.51. The number of ether oxygens (including phenoxy) is 1. The first-order valence-electron chi connectivity index (χ1n) is 7.32. The summed E-state index contributed by atoms with van der Waals surface area (Å²) in [6.07, 6.45) is 8.65. The van der Waals surface area contributed by atoms with Gasteiger partial charge in [-0.3, -0.25) is 4.98 Å². The summed E-state index contributed by atoms with van der Waals surface area (Å²) < 4.78 is 12.0. The van der Waals surface area contributed by atoms with Crippen molar-refractivity contribution in [1.29, 1.82) is 0 Å². The van der Waals surface area contributed by atoms with Crippen molar-refractivity contribution in [3.8, 4) is 11.3 Å². The molecule has 23 heavy (non-hydrogen) atoms. The molecular weight excluding hydrogens is 294 g/mol. The highest BCUT2D eigenvalue weighted by Crippen LogP contribution is 2.27. The standard InChI is InChI=1S/C17H17N3O3/c1-12(2)16(23-17(21)20-7-6-18-11-20)13-3-4-15(19-9-13)14-5-8-22-10-14/h3-12,16H,1-2H3. The maximum Gasteiger partial charge on any atom is 0.419 e. The number of carbonyl (C=O) groups excluding carboxylic acids is 1. The zero-order valence-corrected chi connectivity index (χ0v) is 12.9. The third kappa shape index (κ3) is 3.31. The minimum Gasteiger partial charge on any atom is -0.472 e. The molecule has 3 aromatic heterocycles. The molecule has 6 nitrogen and oxygen atoms in total. The summed E-state index contributed by atoms with van der Waals surface area (Å²) in [4.78, 5) is 20.4. The molecule has 0 fully saturated rings. The lowest BCUT2D eigenvalue weighted by Gasteiger charge is -2.21. The first-order valence-corrected chi connectivity index (χ1v) is 7.32. The zero-order valence-electron chi connectivity index (χ0n) is 12.9. The predicted octanol–water partition coefficient (Wildman–Crippen LogP) is 3.92. The first-order chi connectivity index (χ1) is 11.1. The van der Waals surface area contributed by atoms with Crippen LogP contribution in [0, 0.1) is 5.92 Å². The summed E-state index contributed by atoms with van der Waals surface area (Å²) in [7, 11) is 0. The van der Waals surface area contributed by atoms with E-state index in [1.807, 2.05) is 32.0 Å². The Bertz CT molecular complexity index is 747. The average Bonchev–Trinajstić information content (AvgIpc) is 3.25. The number of furan rings is 1. The molecule has 0 aliphatic rings. The molecule has 0 aromatic carbocycles. The summed E-state index contributed by atoms with van der Waals surface area (Å²) in [5, 5.41) is 0. The molecule has 118 valence electrons. The molecule has 0 radical (unpaired) electrons. The lowest BCUT2D eigenvalue weighted by atomic mass is 10.00. The second-order valence-electron chi connectivity index (χ2n) is 5.51. The second kappa shape index (κ2) is 6.48. The number of hydrogen-bond donors (Lipinski definition) is 0. The summed E-state index contributed by atoms with van der Waals surface area (Å²) in [5.74, 6) is 0.115. The minimum absolute atomic E-state index is 0.115. The molecule has 0 saturated carbocycles. The van der Waals surface area contributed by atoms with Gasteiger partial charge < -0.3 is 9.15 Å². The summed E-state index contributed by atoms with van der Waals surface area (Å²) in [6.45, 7) is 3.99. The van der Waals surface area contributed by atoms with Crippen LogP contribution < -0.4 is 0 Å². The van der Waals surface area contributed by atoms with Gasteiger partial charge in [-0.2, -0.15) is 0 Å². The number of pyridine rings is 1. The molecule has 3 aromatic rings. The molecule has 0 bridgehead atoms. The number of rotatable bonds is 4. The topological polar surface area (TPSA) is 70.2 Å². The average molecular weight is 311 g/mol. The Kier molecular flexibility index (Phi) is 4.23. The van der Waals surface area contributed by atoms with Gasteiger partial charge in [0.1, 0.15) is 12.4 Å². The van der Waals surface area contributed by atoms with Crippen LogP contribution in [0.4, 0.5) is 4.79 Å². The highest BCUT2D eigenvalue weighted by molar-refractivity contribution is 5.70. The largest absolute Gasteiger partial charge is 0.472 e. The normalized spacial score (nSPS) is 12.3. The van der Waals surface area contributed by atoms with Gasteiger partial charge in [-0.15, -0.1) is 0 Å². The van der Waals surface area contributed by atoms with Gasteiger partial charge in [0.2, 0.25) is 0 Å². The molecule has 0 aliphatic heterocycles. The van der Waals surface area contributed by atoms with Crippen LogP contribution in [0.3, 0.4) is 0 Å². The summed E-state index contributed by atoms with van der Waals surface area (Å²) in [6, 6.07) is 5.66. The minimum atomic E-state index is -0.458. The molecule has 0 spiro atoms. The van der Waals surface area contributed by atoms with Gasteiger partial charge in [0, 0.05) is 29.7 Å². The van der Waals surface area contributed by atoms with E-state index in [4.69, 9.17) is 9.15 Å². The quantitative estimate of drug-likeness (QED) is 0.730. The van der Waals surface area contributed by atoms with Gasteiger partial charge >= 0.3 is 6.09 Å². The molecule has 0 aliphatic carbocycles. The third-order valence-electron chi connectivity index (χ3n) is 3.48. The Morgan fingerprint density at radius 3 is 2.74 bits per heavy atom. The first kappa shape index (κ1) is 15.0. The Labute approximate surface area is 133 Å². The highest BCUT2D eigenvalue weighted by atomic mass is 16.6. The van der Waals surface area contributed by atoms with Gasteiger partial charge in [-0.25, -0.2) is 14.3 Å². The van der Waals surface area contributed by atoms with E-state index in [9.17, 15) is 4.79 Å². The van der Waals surface area contributed by atoms with Gasteiger partial charge in [-0.05, 0) is 18.1 Å². The van der Waals surface area contributed by atoms with E-state index < -0.39 is 6.09 Å². The highest BCUT2D eigenvalue weighted by Gasteiger charge is 2.22. The van der Waals surface area contributed by atoms with Crippen LogP contribution in [0.1, 0.15) is 25.5 Å². The van der Waals surface area contributed by atoms with Crippen LogP contribution in [0.5, 0.6) is 0 Å². The van der Waals surface area contributed by atoms with Crippen LogP contribution >= 0.6 is 0 Å². The Morgan fingerprint density at radius 2 is 2.17 bits per heavy atom. The van der Waals surface area contributed by atoms with E-state index in [1.54, 1.807) is 24.9 Å². The van der Waals surface area contributed by atoms with Crippen molar-refractivity contribution in [2.24, 2.45) is 5.92 Å². The van der Waals surface area contributed by atoms with Crippen molar-refractivity contribution in [3.63, 3.8) is 0 Å². The third-order valence-corrected chi connectivity index (χ3v) is 3.48. The van der Waals surface area contributed by atoms with E-state index in [-0.39, 0.29) is 12.0 Å². The Balaban J connectivity index is 1.79. The van der Waals surface area contributed by atoms with Crippen LogP contribution in [0.25, 0.3) is 11.3 Å². The van der Waals surface area contributed by atoms with Gasteiger partial charge in [0.05, 0.1) is 18.2 Å². The van der Waals surface area contributed by atoms with Crippen molar-refractivity contribution in [3.05, 3.63) is 61.2 Å². The van der Waals surface area contributed by atoms with E-state index in [0.29, 0.717) is 0 Å². The molecule has 3 rings (SSSR count). The Hall–Kier alpha value is -2.89. The van der Waals surface area contributed by atoms with Crippen molar-refractivity contribution in [2.45, 2.75) is 20.0 Å². The van der Waals surface area contributed by atoms with Crippen molar-refractivity contribution < 1.29 is 13.9 Å². The lowest BCUT2D eigenvalue weighted by Crippen LogP contribution is -2.19. The lowest BCUT2D eigenvalue weighted by molar-refractivity contribution is 0.0716. The SMILES string of the molecule is CC(C)C(OC(=O)n1ccnc1)c1ccc(-c2ccoc2)nc1. The fraction of sp³-hybridized carbons (Fsp3) is 0.235. The predicted molar refractivity (Wildman–Crippen MR) is 83.6 cm³/mol. The molecule has 0 amide bonds. The molecule has 1 atom stereocenters. The van der Waals surface area contributed by atoms with E-state index in [0.717, 1.165) is 16.8 Å². The maximum absolute atomic E-state index is 12.1. The van der Waals surface area contributed by atoms with Crippen molar-refractivity contribution in [2.75, 3.05) is 0 Å². The fourth-order valence-electron chi connectivity index (χ4n) is 2.28. The number of imidazole rings is 1. The molecule has 0 N–H and O–H groups in total. The van der Waals surface area contributed by atoms with Crippen LogP contribution in [0.2, 0.25) is 0 Å². The van der Waals surface area contributed by atoms with Crippen LogP contribution in [-0.2, 0) is 4.74 Å². The van der Waals surface area contributed by atoms with Gasteiger partial charge in [0.25, 0.3) is 0 Å². The number of aromatic nitrogens is 3. The molecule has 1 unspecified atom stereocenters. The number of nitrogens with zero attached hydrogens (tertiary/aromatic N) is 3. The molecular formula is C17H17N3O3. The molecule has 3 heterocycles. The Morgan fingerprint density at radius 1 is 1.30 bits per heavy atom. The maximum atomic E-state index is 12.1. The zero-order chi connectivity index (χ0) is 16.2. The molecule has 6 heteroatoms. The van der Waals surface area contributed by atoms with Crippen molar-refractivity contribution in [1.82, 2.24) is 14.5 Å². The van der Waals surface area contributed by atoms with Gasteiger partial charge in [-0.1, -0.05) is 19.9 Å². The fourth-order valence-corrected chi connectivity index (χ4v) is 2.28. The summed E-state index contributed by atoms with van der Waals surface area (Å²) in [5.41, 5.74) is 2.57. The smallest absolute Gasteiger partial charge is 0.419 e. The monoisotopic (exact) mass is 311 g/mol. The number of hydrogen-bond acceptors (Lipinski definition) is 5. The van der Waals surface area contributed by atoms with Crippen LogP contribution in [0.15, 0.2) is 60.1 Å². The van der Waals surface area contributed by atoms with E-state index >= 15 is 0 Å². The number of carbonyl (C=O) groups is 1. The summed E-state index contributed by atoms with van der Waals surface area (Å²) >= 11 is 0.